The number of nitrogens with zero attached hydrogens (tertiary/aromatic N) is 1. The molecule has 1 atom stereocenters. The lowest BCUT2D eigenvalue weighted by Gasteiger charge is -2.32. The molecule has 1 aromatic carbocycles. The van der Waals surface area contributed by atoms with Crippen LogP contribution >= 0.6 is 12.4 Å². The highest BCUT2D eigenvalue weighted by Gasteiger charge is 2.22. The number of aryl methyl sites for hydroxylation is 2. The first-order valence-electron chi connectivity index (χ1n) is 8.63. The van der Waals surface area contributed by atoms with Crippen LogP contribution in [0.5, 0.6) is 0 Å². The normalized spacial score (nSPS) is 16.7. The SMILES string of the molecule is Cc1ccc(CCC2CCN(C(=O)CCC(C)N)CC2)cc1.Cl. The van der Waals surface area contributed by atoms with Gasteiger partial charge in [-0.2, -0.15) is 0 Å². The first-order valence-corrected chi connectivity index (χ1v) is 8.63. The standard InChI is InChI=1S/C19H30N2O.ClH/c1-15-3-6-17(7-4-15)8-9-18-11-13-21(14-12-18)19(22)10-5-16(2)20;/h3-4,6-7,16,18H,5,8-14,20H2,1-2H3;1H. The van der Waals surface area contributed by atoms with Gasteiger partial charge in [-0.1, -0.05) is 29.8 Å². The minimum absolute atomic E-state index is 0. The Labute approximate surface area is 147 Å². The molecule has 1 amide bonds. The second-order valence-corrected chi connectivity index (χ2v) is 6.86. The molecular weight excluding hydrogens is 308 g/mol. The van der Waals surface area contributed by atoms with Gasteiger partial charge in [-0.15, -0.1) is 12.4 Å². The average Bonchev–Trinajstić information content (AvgIpc) is 2.52. The minimum Gasteiger partial charge on any atom is -0.343 e. The molecule has 4 heteroatoms. The predicted molar refractivity (Wildman–Crippen MR) is 98.9 cm³/mol. The van der Waals surface area contributed by atoms with Gasteiger partial charge in [0.2, 0.25) is 5.91 Å². The van der Waals surface area contributed by atoms with E-state index in [1.54, 1.807) is 0 Å². The summed E-state index contributed by atoms with van der Waals surface area (Å²) >= 11 is 0. The molecule has 0 aromatic heterocycles. The summed E-state index contributed by atoms with van der Waals surface area (Å²) in [5.41, 5.74) is 8.48. The Bertz CT molecular complexity index is 465. The Morgan fingerprint density at radius 3 is 2.43 bits per heavy atom. The van der Waals surface area contributed by atoms with Gasteiger partial charge in [-0.25, -0.2) is 0 Å². The van der Waals surface area contributed by atoms with Crippen LogP contribution in [0, 0.1) is 12.8 Å². The first kappa shape index (κ1) is 20.0. The van der Waals surface area contributed by atoms with Gasteiger partial charge >= 0.3 is 0 Å². The Morgan fingerprint density at radius 2 is 1.87 bits per heavy atom. The molecular formula is C19H31ClN2O. The molecule has 0 saturated carbocycles. The van der Waals surface area contributed by atoms with E-state index in [0.717, 1.165) is 44.7 Å². The number of carbonyl (C=O) groups excluding carboxylic acids is 1. The van der Waals surface area contributed by atoms with E-state index in [-0.39, 0.29) is 24.4 Å². The van der Waals surface area contributed by atoms with E-state index in [1.807, 2.05) is 11.8 Å². The number of nitrogens with two attached hydrogens (primary N) is 1. The largest absolute Gasteiger partial charge is 0.343 e. The van der Waals surface area contributed by atoms with Gasteiger partial charge in [0, 0.05) is 25.6 Å². The van der Waals surface area contributed by atoms with Crippen LogP contribution in [0.25, 0.3) is 0 Å². The van der Waals surface area contributed by atoms with E-state index in [2.05, 4.69) is 31.2 Å². The van der Waals surface area contributed by atoms with Crippen molar-refractivity contribution in [1.29, 1.82) is 0 Å². The van der Waals surface area contributed by atoms with Crippen molar-refractivity contribution in [2.75, 3.05) is 13.1 Å². The van der Waals surface area contributed by atoms with Crippen LogP contribution < -0.4 is 5.73 Å². The van der Waals surface area contributed by atoms with Crippen molar-refractivity contribution in [2.45, 2.75) is 58.4 Å². The Hall–Kier alpha value is -1.06. The average molecular weight is 339 g/mol. The Morgan fingerprint density at radius 1 is 1.26 bits per heavy atom. The highest BCUT2D eigenvalue weighted by atomic mass is 35.5. The van der Waals surface area contributed by atoms with Crippen molar-refractivity contribution in [1.82, 2.24) is 4.90 Å². The quantitative estimate of drug-likeness (QED) is 0.859. The third kappa shape index (κ3) is 6.92. The number of amides is 1. The maximum Gasteiger partial charge on any atom is 0.222 e. The minimum atomic E-state index is 0. The molecule has 0 aliphatic carbocycles. The lowest BCUT2D eigenvalue weighted by Crippen LogP contribution is -2.39. The molecule has 0 spiro atoms. The van der Waals surface area contributed by atoms with Crippen LogP contribution in [-0.4, -0.2) is 29.9 Å². The van der Waals surface area contributed by atoms with Gasteiger partial charge in [0.1, 0.15) is 0 Å². The second kappa shape index (κ2) is 9.94. The zero-order valence-corrected chi connectivity index (χ0v) is 15.3. The number of piperidine rings is 1. The molecule has 0 bridgehead atoms. The number of hydrogen-bond donors (Lipinski definition) is 1. The van der Waals surface area contributed by atoms with Gasteiger partial charge < -0.3 is 10.6 Å². The zero-order chi connectivity index (χ0) is 15.9. The van der Waals surface area contributed by atoms with Gasteiger partial charge in [-0.05, 0) is 57.4 Å². The molecule has 1 aliphatic rings. The van der Waals surface area contributed by atoms with Crippen molar-refractivity contribution >= 4 is 18.3 Å². The highest BCUT2D eigenvalue weighted by molar-refractivity contribution is 5.85. The summed E-state index contributed by atoms with van der Waals surface area (Å²) in [5, 5.41) is 0. The van der Waals surface area contributed by atoms with E-state index in [4.69, 9.17) is 5.73 Å². The first-order chi connectivity index (χ1) is 10.5. The molecule has 1 saturated heterocycles. The molecule has 1 aliphatic heterocycles. The van der Waals surface area contributed by atoms with E-state index >= 15 is 0 Å². The van der Waals surface area contributed by atoms with Crippen LogP contribution in [0.3, 0.4) is 0 Å². The molecule has 2 rings (SSSR count). The lowest BCUT2D eigenvalue weighted by atomic mass is 9.90. The van der Waals surface area contributed by atoms with Crippen LogP contribution in [0.2, 0.25) is 0 Å². The van der Waals surface area contributed by atoms with Crippen LogP contribution in [0.4, 0.5) is 0 Å². The molecule has 0 radical (unpaired) electrons. The summed E-state index contributed by atoms with van der Waals surface area (Å²) in [5.74, 6) is 1.05. The summed E-state index contributed by atoms with van der Waals surface area (Å²) < 4.78 is 0. The fraction of sp³-hybridized carbons (Fsp3) is 0.632. The van der Waals surface area contributed by atoms with Crippen LogP contribution in [0.1, 0.15) is 50.2 Å². The molecule has 1 aromatic rings. The lowest BCUT2D eigenvalue weighted by molar-refractivity contribution is -0.132. The van der Waals surface area contributed by atoms with Crippen molar-refractivity contribution in [3.8, 4) is 0 Å². The monoisotopic (exact) mass is 338 g/mol. The summed E-state index contributed by atoms with van der Waals surface area (Å²) in [7, 11) is 0. The fourth-order valence-corrected chi connectivity index (χ4v) is 3.11. The topological polar surface area (TPSA) is 46.3 Å². The van der Waals surface area contributed by atoms with Crippen LogP contribution in [-0.2, 0) is 11.2 Å². The Balaban J connectivity index is 0.00000264. The molecule has 2 N–H and O–H groups in total. The molecule has 1 heterocycles. The number of likely N-dealkylation sites (tertiary alicyclic amines) is 1. The predicted octanol–water partition coefficient (Wildman–Crippen LogP) is 3.72. The van der Waals surface area contributed by atoms with Gasteiger partial charge in [0.25, 0.3) is 0 Å². The summed E-state index contributed by atoms with van der Waals surface area (Å²) in [6, 6.07) is 8.98. The van der Waals surface area contributed by atoms with E-state index < -0.39 is 0 Å². The molecule has 1 unspecified atom stereocenters. The van der Waals surface area contributed by atoms with Crippen LogP contribution in [0.15, 0.2) is 24.3 Å². The number of hydrogen-bond acceptors (Lipinski definition) is 2. The van der Waals surface area contributed by atoms with Gasteiger partial charge in [-0.3, -0.25) is 4.79 Å². The maximum atomic E-state index is 12.1. The van der Waals surface area contributed by atoms with E-state index in [0.29, 0.717) is 6.42 Å². The summed E-state index contributed by atoms with van der Waals surface area (Å²) in [6.07, 6.45) is 6.10. The maximum absolute atomic E-state index is 12.1. The smallest absolute Gasteiger partial charge is 0.222 e. The van der Waals surface area contributed by atoms with Crippen molar-refractivity contribution in [3.05, 3.63) is 35.4 Å². The fourth-order valence-electron chi connectivity index (χ4n) is 3.11. The third-order valence-corrected chi connectivity index (χ3v) is 4.74. The third-order valence-electron chi connectivity index (χ3n) is 4.74. The number of carbonyl (C=O) groups is 1. The van der Waals surface area contributed by atoms with E-state index in [1.165, 1.54) is 17.5 Å². The number of halogens is 1. The molecule has 1 fully saturated rings. The van der Waals surface area contributed by atoms with Crippen molar-refractivity contribution < 1.29 is 4.79 Å². The highest BCUT2D eigenvalue weighted by Crippen LogP contribution is 2.23. The number of benzene rings is 1. The molecule has 23 heavy (non-hydrogen) atoms. The summed E-state index contributed by atoms with van der Waals surface area (Å²) in [4.78, 5) is 14.1. The number of rotatable bonds is 6. The van der Waals surface area contributed by atoms with Gasteiger partial charge in [0.05, 0.1) is 0 Å². The van der Waals surface area contributed by atoms with E-state index in [9.17, 15) is 4.79 Å². The Kier molecular flexibility index (Phi) is 8.64. The second-order valence-electron chi connectivity index (χ2n) is 6.86. The zero-order valence-electron chi connectivity index (χ0n) is 14.5. The van der Waals surface area contributed by atoms with Gasteiger partial charge in [0.15, 0.2) is 0 Å². The van der Waals surface area contributed by atoms with Crippen molar-refractivity contribution in [2.24, 2.45) is 11.7 Å². The molecule has 130 valence electrons. The molecule has 3 nitrogen and oxygen atoms in total. The summed E-state index contributed by atoms with van der Waals surface area (Å²) in [6.45, 7) is 5.94. The van der Waals surface area contributed by atoms with Crippen molar-refractivity contribution in [3.63, 3.8) is 0 Å².